The molecule has 0 aliphatic rings. The Morgan fingerprint density at radius 3 is 1.39 bits per heavy atom. The molecule has 2 N–H and O–H groups in total. The number of ether oxygens (including phenoxy) is 2. The van der Waals surface area contributed by atoms with Crippen molar-refractivity contribution < 1.29 is 28.7 Å². The SMILES string of the molecule is CC(=O)OC(=O)CNCCNCC(=O)OC(C)=O. The predicted molar refractivity (Wildman–Crippen MR) is 59.3 cm³/mol. The average molecular weight is 260 g/mol. The van der Waals surface area contributed by atoms with E-state index in [1.807, 2.05) is 0 Å². The van der Waals surface area contributed by atoms with Gasteiger partial charge in [0, 0.05) is 26.9 Å². The Labute approximate surface area is 104 Å². The molecule has 0 aromatic carbocycles. The van der Waals surface area contributed by atoms with Gasteiger partial charge >= 0.3 is 23.9 Å². The van der Waals surface area contributed by atoms with Gasteiger partial charge < -0.3 is 20.1 Å². The molecule has 0 aromatic rings. The molecule has 18 heavy (non-hydrogen) atoms. The van der Waals surface area contributed by atoms with Crippen LogP contribution in [0.5, 0.6) is 0 Å². The van der Waals surface area contributed by atoms with Gasteiger partial charge in [-0.15, -0.1) is 0 Å². The van der Waals surface area contributed by atoms with Crippen molar-refractivity contribution in [2.45, 2.75) is 13.8 Å². The van der Waals surface area contributed by atoms with Crippen LogP contribution in [-0.4, -0.2) is 50.1 Å². The van der Waals surface area contributed by atoms with Crippen molar-refractivity contribution in [3.05, 3.63) is 0 Å². The minimum absolute atomic E-state index is 0.0981. The first-order valence-corrected chi connectivity index (χ1v) is 5.25. The summed E-state index contributed by atoms with van der Waals surface area (Å²) in [4.78, 5) is 42.5. The third-order valence-corrected chi connectivity index (χ3v) is 1.53. The van der Waals surface area contributed by atoms with Gasteiger partial charge in [0.1, 0.15) is 0 Å². The van der Waals surface area contributed by atoms with Crippen molar-refractivity contribution in [2.75, 3.05) is 26.2 Å². The van der Waals surface area contributed by atoms with Gasteiger partial charge in [0.25, 0.3) is 0 Å². The molecule has 0 atom stereocenters. The number of rotatable bonds is 7. The lowest BCUT2D eigenvalue weighted by molar-refractivity contribution is -0.159. The van der Waals surface area contributed by atoms with Crippen LogP contribution in [0, 0.1) is 0 Å². The molecule has 0 bridgehead atoms. The molecule has 8 nitrogen and oxygen atoms in total. The van der Waals surface area contributed by atoms with Crippen LogP contribution in [0.15, 0.2) is 0 Å². The fourth-order valence-corrected chi connectivity index (χ4v) is 0.950. The predicted octanol–water partition coefficient (Wildman–Crippen LogP) is -1.65. The molecule has 0 radical (unpaired) electrons. The molecule has 0 rings (SSSR count). The van der Waals surface area contributed by atoms with E-state index in [2.05, 4.69) is 20.1 Å². The summed E-state index contributed by atoms with van der Waals surface area (Å²) in [7, 11) is 0. The standard InChI is InChI=1S/C10H16N2O6/c1-7(13)17-9(15)5-11-3-4-12-6-10(16)18-8(2)14/h11-12H,3-6H2,1-2H3. The van der Waals surface area contributed by atoms with E-state index in [9.17, 15) is 19.2 Å². The molecule has 0 spiro atoms. The second-order valence-electron chi connectivity index (χ2n) is 3.28. The molecular formula is C10H16N2O6. The highest BCUT2D eigenvalue weighted by Crippen LogP contribution is 1.78. The van der Waals surface area contributed by atoms with Crippen molar-refractivity contribution in [1.82, 2.24) is 10.6 Å². The quantitative estimate of drug-likeness (QED) is 0.318. The Morgan fingerprint density at radius 2 is 1.11 bits per heavy atom. The van der Waals surface area contributed by atoms with Crippen LogP contribution < -0.4 is 10.6 Å². The molecule has 0 fully saturated rings. The molecule has 0 saturated carbocycles. The van der Waals surface area contributed by atoms with E-state index < -0.39 is 23.9 Å². The maximum atomic E-state index is 10.9. The highest BCUT2D eigenvalue weighted by Gasteiger charge is 2.06. The summed E-state index contributed by atoms with van der Waals surface area (Å²) < 4.78 is 8.53. The van der Waals surface area contributed by atoms with Gasteiger partial charge in [-0.3, -0.25) is 19.2 Å². The van der Waals surface area contributed by atoms with Gasteiger partial charge in [0.15, 0.2) is 0 Å². The average Bonchev–Trinajstić information content (AvgIpc) is 2.20. The van der Waals surface area contributed by atoms with Crippen molar-refractivity contribution >= 4 is 23.9 Å². The molecule has 0 unspecified atom stereocenters. The normalized spacial score (nSPS) is 9.67. The smallest absolute Gasteiger partial charge is 0.327 e. The van der Waals surface area contributed by atoms with Gasteiger partial charge in [-0.05, 0) is 0 Å². The highest BCUT2D eigenvalue weighted by atomic mass is 16.6. The third-order valence-electron chi connectivity index (χ3n) is 1.53. The molecule has 0 saturated heterocycles. The molecule has 0 aliphatic carbocycles. The largest absolute Gasteiger partial charge is 0.392 e. The first-order chi connectivity index (χ1) is 8.41. The van der Waals surface area contributed by atoms with Crippen LogP contribution >= 0.6 is 0 Å². The summed E-state index contributed by atoms with van der Waals surface area (Å²) in [6.45, 7) is 2.86. The summed E-state index contributed by atoms with van der Waals surface area (Å²) >= 11 is 0. The first-order valence-electron chi connectivity index (χ1n) is 5.25. The Balaban J connectivity index is 3.41. The van der Waals surface area contributed by atoms with Crippen LogP contribution in [0.3, 0.4) is 0 Å². The van der Waals surface area contributed by atoms with Gasteiger partial charge in [0.2, 0.25) is 0 Å². The molecule has 0 heterocycles. The maximum absolute atomic E-state index is 10.9. The molecule has 8 heteroatoms. The fraction of sp³-hybridized carbons (Fsp3) is 0.600. The topological polar surface area (TPSA) is 111 Å². The number of esters is 4. The Hall–Kier alpha value is -1.80. The minimum atomic E-state index is -0.668. The number of nitrogens with one attached hydrogen (secondary N) is 2. The molecular weight excluding hydrogens is 244 g/mol. The number of hydrogen-bond donors (Lipinski definition) is 2. The second kappa shape index (κ2) is 9.25. The Morgan fingerprint density at radius 1 is 0.778 bits per heavy atom. The zero-order valence-corrected chi connectivity index (χ0v) is 10.3. The van der Waals surface area contributed by atoms with Gasteiger partial charge in [-0.2, -0.15) is 0 Å². The van der Waals surface area contributed by atoms with Crippen LogP contribution in [0.25, 0.3) is 0 Å². The van der Waals surface area contributed by atoms with E-state index in [1.165, 1.54) is 0 Å². The first kappa shape index (κ1) is 16.2. The summed E-state index contributed by atoms with van der Waals surface area (Å²) in [6.07, 6.45) is 0. The summed E-state index contributed by atoms with van der Waals surface area (Å²) in [5.74, 6) is -2.66. The monoisotopic (exact) mass is 260 g/mol. The van der Waals surface area contributed by atoms with Crippen molar-refractivity contribution in [3.63, 3.8) is 0 Å². The summed E-state index contributed by atoms with van der Waals surface area (Å²) in [6, 6.07) is 0. The molecule has 0 aromatic heterocycles. The van der Waals surface area contributed by atoms with Crippen LogP contribution in [0.2, 0.25) is 0 Å². The second-order valence-corrected chi connectivity index (χ2v) is 3.28. The van der Waals surface area contributed by atoms with E-state index in [1.54, 1.807) is 0 Å². The Bertz CT molecular complexity index is 296. The number of carbonyl (C=O) groups is 4. The van der Waals surface area contributed by atoms with Crippen molar-refractivity contribution in [2.24, 2.45) is 0 Å². The highest BCUT2D eigenvalue weighted by molar-refractivity contribution is 5.85. The van der Waals surface area contributed by atoms with Gasteiger partial charge in [-0.25, -0.2) is 0 Å². The van der Waals surface area contributed by atoms with E-state index in [4.69, 9.17) is 0 Å². The number of carbonyl (C=O) groups excluding carboxylic acids is 4. The zero-order valence-electron chi connectivity index (χ0n) is 10.3. The Kier molecular flexibility index (Phi) is 8.33. The fourth-order valence-electron chi connectivity index (χ4n) is 0.950. The maximum Gasteiger partial charge on any atom is 0.327 e. The molecule has 0 amide bonds. The van der Waals surface area contributed by atoms with Crippen molar-refractivity contribution in [3.8, 4) is 0 Å². The van der Waals surface area contributed by atoms with Crippen LogP contribution in [0.1, 0.15) is 13.8 Å². The number of hydrogen-bond acceptors (Lipinski definition) is 8. The van der Waals surface area contributed by atoms with E-state index in [0.29, 0.717) is 13.1 Å². The van der Waals surface area contributed by atoms with Gasteiger partial charge in [-0.1, -0.05) is 0 Å². The van der Waals surface area contributed by atoms with Crippen molar-refractivity contribution in [1.29, 1.82) is 0 Å². The van der Waals surface area contributed by atoms with E-state index >= 15 is 0 Å². The minimum Gasteiger partial charge on any atom is -0.392 e. The third kappa shape index (κ3) is 10.7. The van der Waals surface area contributed by atoms with Gasteiger partial charge in [0.05, 0.1) is 13.1 Å². The summed E-state index contributed by atoms with van der Waals surface area (Å²) in [5.41, 5.74) is 0. The van der Waals surface area contributed by atoms with E-state index in [0.717, 1.165) is 13.8 Å². The van der Waals surface area contributed by atoms with Crippen LogP contribution in [-0.2, 0) is 28.7 Å². The van der Waals surface area contributed by atoms with E-state index in [-0.39, 0.29) is 13.1 Å². The summed E-state index contributed by atoms with van der Waals surface area (Å²) in [5, 5.41) is 5.39. The zero-order chi connectivity index (χ0) is 14.0. The lowest BCUT2D eigenvalue weighted by Gasteiger charge is -2.05. The lowest BCUT2D eigenvalue weighted by atomic mass is 10.5. The molecule has 102 valence electrons. The lowest BCUT2D eigenvalue weighted by Crippen LogP contribution is -2.34. The van der Waals surface area contributed by atoms with Crippen LogP contribution in [0.4, 0.5) is 0 Å². The molecule has 0 aliphatic heterocycles.